The Morgan fingerprint density at radius 2 is 1.26 bits per heavy atom. The van der Waals surface area contributed by atoms with Gasteiger partial charge in [0.05, 0.1) is 18.8 Å². The van der Waals surface area contributed by atoms with Crippen molar-refractivity contribution in [1.29, 1.82) is 0 Å². The molecule has 0 aliphatic heterocycles. The minimum Gasteiger partial charge on any atom is -0.494 e. The predicted molar refractivity (Wildman–Crippen MR) is 125 cm³/mol. The Morgan fingerprint density at radius 1 is 0.710 bits per heavy atom. The van der Waals surface area contributed by atoms with Gasteiger partial charge >= 0.3 is 0 Å². The van der Waals surface area contributed by atoms with E-state index in [-0.39, 0.29) is 13.2 Å². The average Bonchev–Trinajstić information content (AvgIpc) is 2.80. The Labute approximate surface area is 184 Å². The molecule has 3 aromatic rings. The van der Waals surface area contributed by atoms with Gasteiger partial charge in [0, 0.05) is 21.5 Å². The van der Waals surface area contributed by atoms with Crippen LogP contribution in [0.15, 0.2) is 42.5 Å². The number of unbranched alkanes of at least 4 members (excludes halogenated alkanes) is 1. The first-order valence-corrected chi connectivity index (χ1v) is 11.3. The van der Waals surface area contributed by atoms with Crippen molar-refractivity contribution >= 4 is 21.5 Å². The number of fused-ring (bicyclic) bond motifs is 2. The molecular weight excluding hydrogens is 392 g/mol. The van der Waals surface area contributed by atoms with E-state index in [0.717, 1.165) is 45.9 Å². The molecule has 2 atom stereocenters. The molecule has 3 aromatic carbocycles. The number of hydrogen-bond donors (Lipinski definition) is 2. The molecule has 0 fully saturated rings. The molecule has 168 valence electrons. The SMILES string of the molecule is CCCCOc1ccc2c(OCC(O)CC)c3ccccc3c(OCC(O)CC)c2c1. The van der Waals surface area contributed by atoms with Gasteiger partial charge in [-0.15, -0.1) is 0 Å². The highest BCUT2D eigenvalue weighted by atomic mass is 16.5. The lowest BCUT2D eigenvalue weighted by atomic mass is 10.00. The first-order chi connectivity index (χ1) is 15.1. The van der Waals surface area contributed by atoms with E-state index in [4.69, 9.17) is 14.2 Å². The molecule has 0 aliphatic carbocycles. The number of rotatable bonds is 12. The first kappa shape index (κ1) is 23.2. The van der Waals surface area contributed by atoms with E-state index >= 15 is 0 Å². The average molecular weight is 427 g/mol. The maximum Gasteiger partial charge on any atom is 0.135 e. The van der Waals surface area contributed by atoms with Crippen LogP contribution in [0.3, 0.4) is 0 Å². The molecule has 0 saturated heterocycles. The van der Waals surface area contributed by atoms with E-state index in [9.17, 15) is 10.2 Å². The Bertz CT molecular complexity index is 984. The lowest BCUT2D eigenvalue weighted by Crippen LogP contribution is -2.17. The molecule has 0 saturated carbocycles. The van der Waals surface area contributed by atoms with E-state index in [1.807, 2.05) is 56.3 Å². The van der Waals surface area contributed by atoms with E-state index < -0.39 is 12.2 Å². The molecule has 0 spiro atoms. The molecule has 31 heavy (non-hydrogen) atoms. The molecule has 0 aromatic heterocycles. The van der Waals surface area contributed by atoms with Gasteiger partial charge in [0.2, 0.25) is 0 Å². The number of aliphatic hydroxyl groups is 2. The summed E-state index contributed by atoms with van der Waals surface area (Å²) in [5.74, 6) is 2.21. The summed E-state index contributed by atoms with van der Waals surface area (Å²) in [4.78, 5) is 0. The summed E-state index contributed by atoms with van der Waals surface area (Å²) in [6.07, 6.45) is 2.25. The summed E-state index contributed by atoms with van der Waals surface area (Å²) < 4.78 is 18.2. The number of benzene rings is 3. The van der Waals surface area contributed by atoms with Gasteiger partial charge in [-0.3, -0.25) is 0 Å². The van der Waals surface area contributed by atoms with Gasteiger partial charge in [-0.25, -0.2) is 0 Å². The lowest BCUT2D eigenvalue weighted by Gasteiger charge is -2.20. The third-order valence-electron chi connectivity index (χ3n) is 5.45. The van der Waals surface area contributed by atoms with Crippen molar-refractivity contribution in [2.45, 2.75) is 58.7 Å². The third kappa shape index (κ3) is 5.60. The summed E-state index contributed by atoms with van der Waals surface area (Å²) in [6, 6.07) is 13.8. The van der Waals surface area contributed by atoms with Crippen LogP contribution in [0.1, 0.15) is 46.5 Å². The van der Waals surface area contributed by atoms with Crippen LogP contribution >= 0.6 is 0 Å². The van der Waals surface area contributed by atoms with Crippen molar-refractivity contribution in [3.05, 3.63) is 42.5 Å². The summed E-state index contributed by atoms with van der Waals surface area (Å²) in [7, 11) is 0. The second-order valence-corrected chi connectivity index (χ2v) is 7.86. The highest BCUT2D eigenvalue weighted by Gasteiger charge is 2.18. The van der Waals surface area contributed by atoms with Gasteiger partial charge in [0.15, 0.2) is 0 Å². The first-order valence-electron chi connectivity index (χ1n) is 11.3. The maximum absolute atomic E-state index is 10.1. The van der Waals surface area contributed by atoms with Crippen LogP contribution in [0.2, 0.25) is 0 Å². The topological polar surface area (TPSA) is 68.2 Å². The molecule has 2 unspecified atom stereocenters. The third-order valence-corrected chi connectivity index (χ3v) is 5.45. The second-order valence-electron chi connectivity index (χ2n) is 7.86. The lowest BCUT2D eigenvalue weighted by molar-refractivity contribution is 0.105. The summed E-state index contributed by atoms with van der Waals surface area (Å²) in [6.45, 7) is 7.09. The molecular formula is C26H34O5. The molecule has 5 heteroatoms. The summed E-state index contributed by atoms with van der Waals surface area (Å²) in [5.41, 5.74) is 0. The molecule has 0 aliphatic rings. The van der Waals surface area contributed by atoms with Crippen LogP contribution in [0.25, 0.3) is 21.5 Å². The van der Waals surface area contributed by atoms with Crippen LogP contribution in [0.4, 0.5) is 0 Å². The molecule has 0 bridgehead atoms. The standard InChI is InChI=1S/C26H34O5/c1-4-7-14-29-20-12-13-23-24(15-20)26(31-17-19(28)6-3)22-11-9-8-10-21(22)25(23)30-16-18(27)5-2/h8-13,15,18-19,27-28H,4-7,14,16-17H2,1-3H3. The van der Waals surface area contributed by atoms with Crippen LogP contribution < -0.4 is 14.2 Å². The van der Waals surface area contributed by atoms with Crippen molar-refractivity contribution in [3.63, 3.8) is 0 Å². The fraction of sp³-hybridized carbons (Fsp3) is 0.462. The molecule has 0 amide bonds. The highest BCUT2D eigenvalue weighted by molar-refractivity contribution is 6.11. The van der Waals surface area contributed by atoms with Crippen molar-refractivity contribution in [2.75, 3.05) is 19.8 Å². The zero-order valence-electron chi connectivity index (χ0n) is 18.8. The molecule has 0 heterocycles. The van der Waals surface area contributed by atoms with Gasteiger partial charge in [-0.05, 0) is 37.5 Å². The quantitative estimate of drug-likeness (QED) is 0.297. The van der Waals surface area contributed by atoms with E-state index in [1.165, 1.54) is 0 Å². The van der Waals surface area contributed by atoms with Crippen molar-refractivity contribution in [1.82, 2.24) is 0 Å². The Kier molecular flexibility index (Phi) is 8.38. The van der Waals surface area contributed by atoms with E-state index in [0.29, 0.717) is 25.2 Å². The fourth-order valence-corrected chi connectivity index (χ4v) is 3.41. The zero-order valence-corrected chi connectivity index (χ0v) is 18.8. The normalized spacial score (nSPS) is 13.3. The Balaban J connectivity index is 2.14. The van der Waals surface area contributed by atoms with Crippen LogP contribution in [0.5, 0.6) is 17.2 Å². The van der Waals surface area contributed by atoms with Gasteiger partial charge in [0.1, 0.15) is 30.5 Å². The molecule has 2 N–H and O–H groups in total. The monoisotopic (exact) mass is 426 g/mol. The summed E-state index contributed by atoms with van der Waals surface area (Å²) >= 11 is 0. The van der Waals surface area contributed by atoms with E-state index in [2.05, 4.69) is 6.92 Å². The zero-order chi connectivity index (χ0) is 22.2. The van der Waals surface area contributed by atoms with Crippen molar-refractivity contribution in [3.8, 4) is 17.2 Å². The van der Waals surface area contributed by atoms with Gasteiger partial charge < -0.3 is 24.4 Å². The Hall–Kier alpha value is -2.50. The van der Waals surface area contributed by atoms with Crippen LogP contribution in [-0.4, -0.2) is 42.2 Å². The van der Waals surface area contributed by atoms with Crippen LogP contribution in [-0.2, 0) is 0 Å². The second kappa shape index (κ2) is 11.2. The maximum atomic E-state index is 10.1. The minimum absolute atomic E-state index is 0.214. The van der Waals surface area contributed by atoms with Gasteiger partial charge in [0.25, 0.3) is 0 Å². The Morgan fingerprint density at radius 3 is 1.81 bits per heavy atom. The minimum atomic E-state index is -0.534. The number of aliphatic hydroxyl groups excluding tert-OH is 2. The predicted octanol–water partition coefficient (Wildman–Crippen LogP) is 5.47. The molecule has 5 nitrogen and oxygen atoms in total. The molecule has 0 radical (unpaired) electrons. The largest absolute Gasteiger partial charge is 0.494 e. The van der Waals surface area contributed by atoms with Crippen molar-refractivity contribution < 1.29 is 24.4 Å². The fourth-order valence-electron chi connectivity index (χ4n) is 3.41. The molecule has 3 rings (SSSR count). The summed E-state index contributed by atoms with van der Waals surface area (Å²) in [5, 5.41) is 23.7. The van der Waals surface area contributed by atoms with Gasteiger partial charge in [-0.1, -0.05) is 51.5 Å². The smallest absolute Gasteiger partial charge is 0.135 e. The van der Waals surface area contributed by atoms with Gasteiger partial charge in [-0.2, -0.15) is 0 Å². The van der Waals surface area contributed by atoms with Crippen LogP contribution in [0, 0.1) is 0 Å². The number of ether oxygens (including phenoxy) is 3. The van der Waals surface area contributed by atoms with Crippen molar-refractivity contribution in [2.24, 2.45) is 0 Å². The number of hydrogen-bond acceptors (Lipinski definition) is 5. The van der Waals surface area contributed by atoms with E-state index in [1.54, 1.807) is 0 Å². The highest BCUT2D eigenvalue weighted by Crippen LogP contribution is 2.44.